The van der Waals surface area contributed by atoms with E-state index in [4.69, 9.17) is 0 Å². The Bertz CT molecular complexity index is 132. The first-order valence-corrected chi connectivity index (χ1v) is 4.51. The molecule has 1 aliphatic heterocycles. The second-order valence-electron chi connectivity index (χ2n) is 3.91. The Morgan fingerprint density at radius 1 is 1.45 bits per heavy atom. The van der Waals surface area contributed by atoms with Crippen LogP contribution in [0.1, 0.15) is 26.2 Å². The van der Waals surface area contributed by atoms with Gasteiger partial charge < -0.3 is 4.90 Å². The van der Waals surface area contributed by atoms with Crippen LogP contribution in [0.25, 0.3) is 0 Å². The van der Waals surface area contributed by atoms with Crippen LogP contribution < -0.4 is 0 Å². The molecule has 0 radical (unpaired) electrons. The van der Waals surface area contributed by atoms with Gasteiger partial charge in [-0.15, -0.1) is 6.58 Å². The van der Waals surface area contributed by atoms with Crippen molar-refractivity contribution in [1.29, 1.82) is 0 Å². The van der Waals surface area contributed by atoms with Gasteiger partial charge in [0.15, 0.2) is 0 Å². The van der Waals surface area contributed by atoms with E-state index in [0.29, 0.717) is 0 Å². The smallest absolute Gasteiger partial charge is 0.00190 e. The van der Waals surface area contributed by atoms with Crippen molar-refractivity contribution in [2.45, 2.75) is 26.2 Å². The van der Waals surface area contributed by atoms with E-state index < -0.39 is 0 Å². The molecular weight excluding hydrogens is 134 g/mol. The van der Waals surface area contributed by atoms with E-state index in [1.807, 2.05) is 0 Å². The van der Waals surface area contributed by atoms with Crippen LogP contribution in [0.15, 0.2) is 12.2 Å². The minimum absolute atomic E-state index is 0.920. The highest BCUT2D eigenvalue weighted by atomic mass is 15.1. The highest BCUT2D eigenvalue weighted by Crippen LogP contribution is 2.22. The molecular formula is C10H19N. The van der Waals surface area contributed by atoms with Gasteiger partial charge in [0.05, 0.1) is 0 Å². The summed E-state index contributed by atoms with van der Waals surface area (Å²) in [6.45, 7) is 8.64. The molecule has 1 fully saturated rings. The number of nitrogens with zero attached hydrogens (tertiary/aromatic N) is 1. The summed E-state index contributed by atoms with van der Waals surface area (Å²) in [5.74, 6) is 0.920. The number of rotatable bonds is 2. The summed E-state index contributed by atoms with van der Waals surface area (Å²) in [5, 5.41) is 0. The Hall–Kier alpha value is -0.300. The first-order chi connectivity index (χ1) is 5.18. The quantitative estimate of drug-likeness (QED) is 0.550. The maximum absolute atomic E-state index is 3.95. The second-order valence-corrected chi connectivity index (χ2v) is 3.91. The maximum Gasteiger partial charge on any atom is -0.00190 e. The van der Waals surface area contributed by atoms with Gasteiger partial charge in [0, 0.05) is 0 Å². The van der Waals surface area contributed by atoms with Gasteiger partial charge in [-0.1, -0.05) is 5.57 Å². The molecule has 64 valence electrons. The molecule has 0 atom stereocenters. The van der Waals surface area contributed by atoms with Gasteiger partial charge in [-0.25, -0.2) is 0 Å². The zero-order chi connectivity index (χ0) is 8.27. The van der Waals surface area contributed by atoms with Crippen molar-refractivity contribution in [2.75, 3.05) is 20.1 Å². The van der Waals surface area contributed by atoms with Crippen LogP contribution in [0, 0.1) is 5.92 Å². The van der Waals surface area contributed by atoms with Crippen molar-refractivity contribution in [3.63, 3.8) is 0 Å². The van der Waals surface area contributed by atoms with Crippen LogP contribution in [0.4, 0.5) is 0 Å². The number of hydrogen-bond acceptors (Lipinski definition) is 1. The van der Waals surface area contributed by atoms with Crippen LogP contribution in [-0.2, 0) is 0 Å². The zero-order valence-corrected chi connectivity index (χ0v) is 7.77. The number of likely N-dealkylation sites (tertiary alicyclic amines) is 1. The van der Waals surface area contributed by atoms with Crippen LogP contribution in [0.5, 0.6) is 0 Å². The third-order valence-electron chi connectivity index (χ3n) is 2.48. The molecule has 1 aliphatic rings. The molecule has 0 saturated carbocycles. The lowest BCUT2D eigenvalue weighted by molar-refractivity contribution is 0.219. The molecule has 1 heterocycles. The molecule has 0 aromatic rings. The minimum Gasteiger partial charge on any atom is -0.306 e. The summed E-state index contributed by atoms with van der Waals surface area (Å²) in [6, 6.07) is 0. The Morgan fingerprint density at radius 3 is 2.45 bits per heavy atom. The van der Waals surface area contributed by atoms with E-state index in [1.165, 1.54) is 37.9 Å². The van der Waals surface area contributed by atoms with E-state index in [0.717, 1.165) is 5.92 Å². The largest absolute Gasteiger partial charge is 0.306 e. The lowest BCUT2D eigenvalue weighted by Crippen LogP contribution is -2.30. The fraction of sp³-hybridized carbons (Fsp3) is 0.800. The van der Waals surface area contributed by atoms with Crippen LogP contribution in [0.2, 0.25) is 0 Å². The third kappa shape index (κ3) is 3.06. The lowest BCUT2D eigenvalue weighted by atomic mass is 9.91. The summed E-state index contributed by atoms with van der Waals surface area (Å²) < 4.78 is 0. The summed E-state index contributed by atoms with van der Waals surface area (Å²) in [4.78, 5) is 2.41. The van der Waals surface area contributed by atoms with Crippen molar-refractivity contribution in [3.8, 4) is 0 Å². The molecule has 0 bridgehead atoms. The van der Waals surface area contributed by atoms with Crippen molar-refractivity contribution >= 4 is 0 Å². The normalized spacial score (nSPS) is 22.0. The molecule has 1 rings (SSSR count). The number of allylic oxidation sites excluding steroid dienone is 1. The zero-order valence-electron chi connectivity index (χ0n) is 7.77. The maximum atomic E-state index is 3.95. The molecule has 1 nitrogen and oxygen atoms in total. The van der Waals surface area contributed by atoms with Crippen LogP contribution in [0.3, 0.4) is 0 Å². The van der Waals surface area contributed by atoms with E-state index in [9.17, 15) is 0 Å². The van der Waals surface area contributed by atoms with Crippen LogP contribution in [-0.4, -0.2) is 25.0 Å². The topological polar surface area (TPSA) is 3.24 Å². The summed E-state index contributed by atoms with van der Waals surface area (Å²) in [7, 11) is 2.21. The SMILES string of the molecule is C=C(C)CC1CCN(C)CC1. The molecule has 1 saturated heterocycles. The van der Waals surface area contributed by atoms with Crippen molar-refractivity contribution < 1.29 is 0 Å². The summed E-state index contributed by atoms with van der Waals surface area (Å²) in [5.41, 5.74) is 1.35. The minimum atomic E-state index is 0.920. The van der Waals surface area contributed by atoms with E-state index in [1.54, 1.807) is 0 Å². The molecule has 0 spiro atoms. The highest BCUT2D eigenvalue weighted by molar-refractivity contribution is 4.91. The molecule has 0 aromatic carbocycles. The molecule has 1 heteroatoms. The van der Waals surface area contributed by atoms with E-state index in [2.05, 4.69) is 25.5 Å². The average Bonchev–Trinajstić information content (AvgIpc) is 1.93. The molecule has 0 amide bonds. The van der Waals surface area contributed by atoms with Gasteiger partial charge in [0.1, 0.15) is 0 Å². The molecule has 0 N–H and O–H groups in total. The van der Waals surface area contributed by atoms with E-state index in [-0.39, 0.29) is 0 Å². The summed E-state index contributed by atoms with van der Waals surface area (Å²) >= 11 is 0. The van der Waals surface area contributed by atoms with Gasteiger partial charge in [-0.2, -0.15) is 0 Å². The summed E-state index contributed by atoms with van der Waals surface area (Å²) in [6.07, 6.45) is 3.97. The fourth-order valence-electron chi connectivity index (χ4n) is 1.76. The number of piperidine rings is 1. The molecule has 0 aromatic heterocycles. The Labute approximate surface area is 70.1 Å². The third-order valence-corrected chi connectivity index (χ3v) is 2.48. The lowest BCUT2D eigenvalue weighted by Gasteiger charge is -2.28. The monoisotopic (exact) mass is 153 g/mol. The highest BCUT2D eigenvalue weighted by Gasteiger charge is 2.15. The Balaban J connectivity index is 2.22. The van der Waals surface area contributed by atoms with Gasteiger partial charge >= 0.3 is 0 Å². The first-order valence-electron chi connectivity index (χ1n) is 4.51. The predicted molar refractivity (Wildman–Crippen MR) is 49.7 cm³/mol. The standard InChI is InChI=1S/C10H19N/c1-9(2)8-10-4-6-11(3)7-5-10/h10H,1,4-8H2,2-3H3. The fourth-order valence-corrected chi connectivity index (χ4v) is 1.76. The molecule has 0 unspecified atom stereocenters. The van der Waals surface area contributed by atoms with E-state index >= 15 is 0 Å². The van der Waals surface area contributed by atoms with Crippen LogP contribution >= 0.6 is 0 Å². The van der Waals surface area contributed by atoms with Gasteiger partial charge in [0.25, 0.3) is 0 Å². The van der Waals surface area contributed by atoms with Gasteiger partial charge in [-0.05, 0) is 52.2 Å². The Morgan fingerprint density at radius 2 is 2.00 bits per heavy atom. The molecule has 11 heavy (non-hydrogen) atoms. The molecule has 0 aliphatic carbocycles. The predicted octanol–water partition coefficient (Wildman–Crippen LogP) is 2.29. The van der Waals surface area contributed by atoms with Crippen molar-refractivity contribution in [3.05, 3.63) is 12.2 Å². The van der Waals surface area contributed by atoms with Crippen molar-refractivity contribution in [1.82, 2.24) is 4.90 Å². The van der Waals surface area contributed by atoms with Gasteiger partial charge in [-0.3, -0.25) is 0 Å². The second kappa shape index (κ2) is 3.91. The number of hydrogen-bond donors (Lipinski definition) is 0. The first kappa shape index (κ1) is 8.79. The average molecular weight is 153 g/mol. The Kier molecular flexibility index (Phi) is 3.13. The van der Waals surface area contributed by atoms with Gasteiger partial charge in [0.2, 0.25) is 0 Å². The van der Waals surface area contributed by atoms with Crippen molar-refractivity contribution in [2.24, 2.45) is 5.92 Å².